The number of aromatic amines is 1. The van der Waals surface area contributed by atoms with Crippen LogP contribution in [0.4, 0.5) is 0 Å². The number of aryl methyl sites for hydroxylation is 1. The second kappa shape index (κ2) is 7.55. The van der Waals surface area contributed by atoms with E-state index in [-0.39, 0.29) is 19.1 Å². The van der Waals surface area contributed by atoms with Crippen LogP contribution < -0.4 is 0 Å². The van der Waals surface area contributed by atoms with Crippen LogP contribution >= 0.6 is 11.6 Å². The van der Waals surface area contributed by atoms with E-state index < -0.39 is 0 Å². The number of hydrogen-bond donors (Lipinski definition) is 2. The average molecular weight is 359 g/mol. The molecule has 1 amide bonds. The number of aliphatic hydroxyl groups is 1. The van der Waals surface area contributed by atoms with Crippen molar-refractivity contribution in [3.8, 4) is 11.4 Å². The fourth-order valence-electron chi connectivity index (χ4n) is 2.67. The van der Waals surface area contributed by atoms with E-state index in [2.05, 4.69) is 10.2 Å². The molecule has 0 aliphatic carbocycles. The van der Waals surface area contributed by atoms with E-state index in [1.165, 1.54) is 0 Å². The first kappa shape index (κ1) is 17.3. The fraction of sp³-hybridized carbons (Fsp3) is 0.222. The Balaban J connectivity index is 1.82. The topological polar surface area (TPSA) is 74.2 Å². The Bertz CT molecular complexity index is 871. The third-order valence-electron chi connectivity index (χ3n) is 3.99. The van der Waals surface area contributed by atoms with Crippen LogP contribution in [0.5, 0.6) is 0 Å². The van der Waals surface area contributed by atoms with E-state index in [1.54, 1.807) is 17.0 Å². The Hall–Kier alpha value is -2.57. The molecule has 0 fully saturated rings. The van der Waals surface area contributed by atoms with Gasteiger partial charge in [-0.05, 0) is 29.8 Å². The van der Waals surface area contributed by atoms with E-state index in [4.69, 9.17) is 11.6 Å². The lowest BCUT2D eigenvalue weighted by molar-refractivity contribution is 0.0702. The number of aromatic nitrogens is 3. The number of carbonyl (C=O) groups excluding carboxylic acids is 1. The van der Waals surface area contributed by atoms with Crippen LogP contribution in [-0.2, 0) is 13.6 Å². The molecule has 0 saturated heterocycles. The Kier molecular flexibility index (Phi) is 5.21. The number of hydrogen-bond acceptors (Lipinski definition) is 3. The molecule has 6 nitrogen and oxygen atoms in total. The van der Waals surface area contributed by atoms with Gasteiger partial charge in [-0.25, -0.2) is 0 Å². The normalized spacial score (nSPS) is 10.8. The summed E-state index contributed by atoms with van der Waals surface area (Å²) in [5.41, 5.74) is 2.80. The van der Waals surface area contributed by atoms with Crippen molar-refractivity contribution in [3.05, 3.63) is 64.9 Å². The van der Waals surface area contributed by atoms with E-state index in [0.29, 0.717) is 23.0 Å². The first-order chi connectivity index (χ1) is 12.1. The summed E-state index contributed by atoms with van der Waals surface area (Å²) in [5.74, 6) is -0.234. The number of benzene rings is 1. The van der Waals surface area contributed by atoms with E-state index >= 15 is 0 Å². The molecular weight excluding hydrogens is 340 g/mol. The van der Waals surface area contributed by atoms with Crippen LogP contribution in [-0.4, -0.2) is 43.8 Å². The minimum Gasteiger partial charge on any atom is -0.395 e. The molecule has 25 heavy (non-hydrogen) atoms. The van der Waals surface area contributed by atoms with Crippen LogP contribution in [0.2, 0.25) is 5.02 Å². The van der Waals surface area contributed by atoms with Crippen molar-refractivity contribution in [1.82, 2.24) is 19.7 Å². The zero-order chi connectivity index (χ0) is 17.8. The van der Waals surface area contributed by atoms with Crippen molar-refractivity contribution in [2.24, 2.45) is 7.05 Å². The lowest BCUT2D eigenvalue weighted by Crippen LogP contribution is -2.33. The SMILES string of the molecule is Cn1cccc1-c1cc(C(=O)N(CCO)Cc2ccccc2Cl)[nH]n1. The summed E-state index contributed by atoms with van der Waals surface area (Å²) in [5, 5.41) is 16.9. The van der Waals surface area contributed by atoms with Gasteiger partial charge in [0, 0.05) is 31.4 Å². The molecule has 130 valence electrons. The highest BCUT2D eigenvalue weighted by Crippen LogP contribution is 2.20. The fourth-order valence-corrected chi connectivity index (χ4v) is 2.86. The second-order valence-corrected chi connectivity index (χ2v) is 6.12. The summed E-state index contributed by atoms with van der Waals surface area (Å²) in [7, 11) is 1.92. The molecule has 3 aromatic rings. The molecule has 0 spiro atoms. The molecule has 0 bridgehead atoms. The summed E-state index contributed by atoms with van der Waals surface area (Å²) in [6, 6.07) is 12.9. The maximum Gasteiger partial charge on any atom is 0.272 e. The van der Waals surface area contributed by atoms with Crippen LogP contribution in [0.25, 0.3) is 11.4 Å². The number of nitrogens with one attached hydrogen (secondary N) is 1. The standard InChI is InChI=1S/C18H19ClN4O2/c1-22-8-4-7-17(22)15-11-16(21-20-15)18(25)23(9-10-24)12-13-5-2-3-6-14(13)19/h2-8,11,24H,9-10,12H2,1H3,(H,20,21). The van der Waals surface area contributed by atoms with Gasteiger partial charge in [-0.2, -0.15) is 5.10 Å². The highest BCUT2D eigenvalue weighted by atomic mass is 35.5. The first-order valence-corrected chi connectivity index (χ1v) is 8.28. The monoisotopic (exact) mass is 358 g/mol. The summed E-state index contributed by atoms with van der Waals surface area (Å²) >= 11 is 6.18. The zero-order valence-corrected chi connectivity index (χ0v) is 14.6. The summed E-state index contributed by atoms with van der Waals surface area (Å²) < 4.78 is 1.93. The summed E-state index contributed by atoms with van der Waals surface area (Å²) in [6.07, 6.45) is 1.92. The Morgan fingerprint density at radius 2 is 2.12 bits per heavy atom. The summed E-state index contributed by atoms with van der Waals surface area (Å²) in [6.45, 7) is 0.398. The number of rotatable bonds is 6. The molecule has 7 heteroatoms. The van der Waals surface area contributed by atoms with Gasteiger partial charge in [0.15, 0.2) is 0 Å². The quantitative estimate of drug-likeness (QED) is 0.711. The number of aliphatic hydroxyl groups excluding tert-OH is 1. The lowest BCUT2D eigenvalue weighted by Gasteiger charge is -2.21. The molecular formula is C18H19ClN4O2. The maximum absolute atomic E-state index is 12.8. The largest absolute Gasteiger partial charge is 0.395 e. The number of amides is 1. The molecule has 1 aromatic carbocycles. The van der Waals surface area contributed by atoms with Crippen molar-refractivity contribution in [2.45, 2.75) is 6.54 Å². The van der Waals surface area contributed by atoms with E-state index in [1.807, 2.05) is 48.1 Å². The molecule has 2 aromatic heterocycles. The van der Waals surface area contributed by atoms with Crippen LogP contribution in [0.1, 0.15) is 16.1 Å². The van der Waals surface area contributed by atoms with E-state index in [9.17, 15) is 9.90 Å². The minimum absolute atomic E-state index is 0.130. The second-order valence-electron chi connectivity index (χ2n) is 5.71. The predicted octanol–water partition coefficient (Wildman–Crippen LogP) is 2.70. The molecule has 0 saturated carbocycles. The van der Waals surface area contributed by atoms with Crippen LogP contribution in [0.15, 0.2) is 48.7 Å². The highest BCUT2D eigenvalue weighted by Gasteiger charge is 2.20. The lowest BCUT2D eigenvalue weighted by atomic mass is 10.2. The smallest absolute Gasteiger partial charge is 0.272 e. The van der Waals surface area contributed by atoms with Gasteiger partial charge in [-0.3, -0.25) is 9.89 Å². The van der Waals surface area contributed by atoms with Gasteiger partial charge in [0.2, 0.25) is 0 Å². The van der Waals surface area contributed by atoms with Crippen LogP contribution in [0, 0.1) is 0 Å². The zero-order valence-electron chi connectivity index (χ0n) is 13.8. The third kappa shape index (κ3) is 3.75. The molecule has 0 aliphatic heterocycles. The number of halogens is 1. The van der Waals surface area contributed by atoms with Crippen molar-refractivity contribution < 1.29 is 9.90 Å². The molecule has 3 rings (SSSR count). The predicted molar refractivity (Wildman–Crippen MR) is 96.3 cm³/mol. The average Bonchev–Trinajstić information content (AvgIpc) is 3.24. The Morgan fingerprint density at radius 1 is 1.32 bits per heavy atom. The van der Waals surface area contributed by atoms with Crippen molar-refractivity contribution >= 4 is 17.5 Å². The molecule has 2 heterocycles. The van der Waals surface area contributed by atoms with Crippen molar-refractivity contribution in [2.75, 3.05) is 13.2 Å². The van der Waals surface area contributed by atoms with Crippen molar-refractivity contribution in [3.63, 3.8) is 0 Å². The van der Waals surface area contributed by atoms with Gasteiger partial charge in [-0.15, -0.1) is 0 Å². The highest BCUT2D eigenvalue weighted by molar-refractivity contribution is 6.31. The third-order valence-corrected chi connectivity index (χ3v) is 4.36. The minimum atomic E-state index is -0.234. The number of H-pyrrole nitrogens is 1. The maximum atomic E-state index is 12.8. The molecule has 0 radical (unpaired) electrons. The number of carbonyl (C=O) groups is 1. The summed E-state index contributed by atoms with van der Waals surface area (Å²) in [4.78, 5) is 14.4. The van der Waals surface area contributed by atoms with Gasteiger partial charge in [0.25, 0.3) is 5.91 Å². The number of nitrogens with zero attached hydrogens (tertiary/aromatic N) is 3. The van der Waals surface area contributed by atoms with E-state index in [0.717, 1.165) is 11.3 Å². The first-order valence-electron chi connectivity index (χ1n) is 7.91. The molecule has 0 unspecified atom stereocenters. The van der Waals surface area contributed by atoms with Gasteiger partial charge >= 0.3 is 0 Å². The molecule has 2 N–H and O–H groups in total. The Morgan fingerprint density at radius 3 is 2.80 bits per heavy atom. The molecule has 0 atom stereocenters. The Labute approximate surface area is 150 Å². The van der Waals surface area contributed by atoms with Gasteiger partial charge in [0.05, 0.1) is 12.3 Å². The van der Waals surface area contributed by atoms with Gasteiger partial charge in [0.1, 0.15) is 11.4 Å². The van der Waals surface area contributed by atoms with Gasteiger partial charge < -0.3 is 14.6 Å². The molecule has 0 aliphatic rings. The van der Waals surface area contributed by atoms with Crippen LogP contribution in [0.3, 0.4) is 0 Å². The van der Waals surface area contributed by atoms with Crippen molar-refractivity contribution in [1.29, 1.82) is 0 Å². The van der Waals surface area contributed by atoms with Gasteiger partial charge in [-0.1, -0.05) is 29.8 Å².